The van der Waals surface area contributed by atoms with E-state index >= 15 is 0 Å². The Kier molecular flexibility index (Phi) is 7.23. The van der Waals surface area contributed by atoms with Gasteiger partial charge in [-0.2, -0.15) is 8.42 Å². The molecule has 0 aliphatic heterocycles. The Labute approximate surface area is 186 Å². The number of hydrogen-bond acceptors (Lipinski definition) is 6. The molecule has 0 aliphatic carbocycles. The van der Waals surface area contributed by atoms with Crippen molar-refractivity contribution in [3.8, 4) is 0 Å². The highest BCUT2D eigenvalue weighted by atomic mass is 35.5. The number of aliphatic hydroxyl groups is 1. The molecule has 0 spiro atoms. The predicted octanol–water partition coefficient (Wildman–Crippen LogP) is 5.09. The zero-order valence-electron chi connectivity index (χ0n) is 18.1. The van der Waals surface area contributed by atoms with Gasteiger partial charge in [0.25, 0.3) is 10.0 Å². The minimum atomic E-state index is -4.21. The standard InChI is InChI=1S/C20H28ClN3O4S2/c1-10(2)14-8-13(21)9-15(11(3)4)16(14)23-18(25)24-30(27,28)19-22-12(5)17(29-19)20(6,7)26/h8-11,26H,1-7H3,(H2,23,24,25). The number of hydrogen-bond donors (Lipinski definition) is 3. The van der Waals surface area contributed by atoms with Crippen molar-refractivity contribution in [2.24, 2.45) is 0 Å². The molecular weight excluding hydrogens is 446 g/mol. The van der Waals surface area contributed by atoms with Crippen LogP contribution in [0, 0.1) is 6.92 Å². The number of aryl methyl sites for hydroxylation is 1. The molecule has 0 radical (unpaired) electrons. The second kappa shape index (κ2) is 8.82. The third-order valence-electron chi connectivity index (χ3n) is 4.44. The second-order valence-electron chi connectivity index (χ2n) is 8.28. The molecule has 1 aromatic carbocycles. The average molecular weight is 474 g/mol. The fourth-order valence-corrected chi connectivity index (χ4v) is 5.55. The molecule has 0 atom stereocenters. The first-order valence-electron chi connectivity index (χ1n) is 9.51. The maximum absolute atomic E-state index is 12.7. The summed E-state index contributed by atoms with van der Waals surface area (Å²) in [5.74, 6) is 0.119. The van der Waals surface area contributed by atoms with Crippen molar-refractivity contribution in [1.82, 2.24) is 9.71 Å². The Morgan fingerprint density at radius 1 is 1.17 bits per heavy atom. The Morgan fingerprint density at radius 3 is 2.07 bits per heavy atom. The van der Waals surface area contributed by atoms with Crippen LogP contribution in [0.4, 0.5) is 10.5 Å². The summed E-state index contributed by atoms with van der Waals surface area (Å²) in [5.41, 5.74) is 1.33. The highest BCUT2D eigenvalue weighted by Crippen LogP contribution is 2.36. The number of amides is 2. The van der Waals surface area contributed by atoms with Crippen LogP contribution in [-0.2, 0) is 15.6 Å². The first kappa shape index (κ1) is 24.6. The van der Waals surface area contributed by atoms with E-state index in [2.05, 4.69) is 10.3 Å². The number of thiazole rings is 1. The number of urea groups is 1. The summed E-state index contributed by atoms with van der Waals surface area (Å²) in [4.78, 5) is 17.1. The van der Waals surface area contributed by atoms with Crippen LogP contribution in [-0.4, -0.2) is 24.5 Å². The Bertz CT molecular complexity index is 1030. The number of aromatic nitrogens is 1. The van der Waals surface area contributed by atoms with Gasteiger partial charge in [0, 0.05) is 10.7 Å². The van der Waals surface area contributed by atoms with Crippen molar-refractivity contribution in [3.05, 3.63) is 38.9 Å². The van der Waals surface area contributed by atoms with Crippen LogP contribution in [0.5, 0.6) is 0 Å². The molecule has 30 heavy (non-hydrogen) atoms. The van der Waals surface area contributed by atoms with Gasteiger partial charge in [-0.1, -0.05) is 39.3 Å². The Balaban J connectivity index is 2.36. The van der Waals surface area contributed by atoms with E-state index in [0.717, 1.165) is 22.5 Å². The number of carbonyl (C=O) groups is 1. The van der Waals surface area contributed by atoms with Crippen molar-refractivity contribution >= 4 is 44.7 Å². The molecule has 10 heteroatoms. The number of halogens is 1. The van der Waals surface area contributed by atoms with E-state index in [1.165, 1.54) is 0 Å². The van der Waals surface area contributed by atoms with E-state index in [1.54, 1.807) is 32.9 Å². The summed E-state index contributed by atoms with van der Waals surface area (Å²) in [6, 6.07) is 2.64. The number of nitrogens with one attached hydrogen (secondary N) is 2. The largest absolute Gasteiger partial charge is 0.385 e. The molecule has 2 amide bonds. The van der Waals surface area contributed by atoms with E-state index in [4.69, 9.17) is 11.6 Å². The van der Waals surface area contributed by atoms with Crippen molar-refractivity contribution < 1.29 is 18.3 Å². The van der Waals surface area contributed by atoms with Crippen molar-refractivity contribution in [1.29, 1.82) is 0 Å². The molecule has 7 nitrogen and oxygen atoms in total. The second-order valence-corrected chi connectivity index (χ2v) is 11.6. The van der Waals surface area contributed by atoms with Gasteiger partial charge in [-0.25, -0.2) is 14.5 Å². The van der Waals surface area contributed by atoms with Crippen molar-refractivity contribution in [2.75, 3.05) is 5.32 Å². The maximum atomic E-state index is 12.7. The molecule has 1 heterocycles. The molecule has 0 fully saturated rings. The minimum absolute atomic E-state index is 0.0593. The number of benzene rings is 1. The van der Waals surface area contributed by atoms with E-state index in [0.29, 0.717) is 21.3 Å². The maximum Gasteiger partial charge on any atom is 0.333 e. The zero-order valence-corrected chi connectivity index (χ0v) is 20.5. The Hall–Kier alpha value is -1.68. The number of carbonyl (C=O) groups excluding carboxylic acids is 1. The summed E-state index contributed by atoms with van der Waals surface area (Å²) < 4.78 is 27.1. The van der Waals surface area contributed by atoms with Gasteiger partial charge in [-0.05, 0) is 55.9 Å². The highest BCUT2D eigenvalue weighted by Gasteiger charge is 2.29. The third-order valence-corrected chi connectivity index (χ3v) is 7.83. The smallest absolute Gasteiger partial charge is 0.333 e. The minimum Gasteiger partial charge on any atom is -0.385 e. The van der Waals surface area contributed by atoms with Crippen LogP contribution < -0.4 is 10.0 Å². The van der Waals surface area contributed by atoms with Gasteiger partial charge >= 0.3 is 6.03 Å². The molecular formula is C20H28ClN3O4S2. The van der Waals surface area contributed by atoms with E-state index in [-0.39, 0.29) is 16.2 Å². The van der Waals surface area contributed by atoms with Gasteiger partial charge < -0.3 is 10.4 Å². The van der Waals surface area contributed by atoms with Gasteiger partial charge in [-0.3, -0.25) is 0 Å². The molecule has 0 unspecified atom stereocenters. The lowest BCUT2D eigenvalue weighted by atomic mass is 9.92. The van der Waals surface area contributed by atoms with Gasteiger partial charge in [0.15, 0.2) is 0 Å². The van der Waals surface area contributed by atoms with Crippen LogP contribution in [0.1, 0.15) is 75.1 Å². The van der Waals surface area contributed by atoms with Crippen LogP contribution in [0.25, 0.3) is 0 Å². The predicted molar refractivity (Wildman–Crippen MR) is 121 cm³/mol. The average Bonchev–Trinajstić information content (AvgIpc) is 2.98. The Morgan fingerprint density at radius 2 is 1.67 bits per heavy atom. The monoisotopic (exact) mass is 473 g/mol. The summed E-state index contributed by atoms with van der Waals surface area (Å²) in [7, 11) is -4.21. The van der Waals surface area contributed by atoms with Crippen LogP contribution in [0.15, 0.2) is 16.5 Å². The highest BCUT2D eigenvalue weighted by molar-refractivity contribution is 7.92. The van der Waals surface area contributed by atoms with Crippen LogP contribution in [0.3, 0.4) is 0 Å². The molecule has 3 N–H and O–H groups in total. The number of nitrogens with zero attached hydrogens (tertiary/aromatic N) is 1. The molecule has 1 aromatic heterocycles. The quantitative estimate of drug-likeness (QED) is 0.541. The lowest BCUT2D eigenvalue weighted by Gasteiger charge is -2.21. The first-order valence-corrected chi connectivity index (χ1v) is 12.2. The summed E-state index contributed by atoms with van der Waals surface area (Å²) in [6.45, 7) is 12.6. The third kappa shape index (κ3) is 5.51. The molecule has 0 bridgehead atoms. The van der Waals surface area contributed by atoms with Crippen molar-refractivity contribution in [3.63, 3.8) is 0 Å². The van der Waals surface area contributed by atoms with E-state index < -0.39 is 21.7 Å². The zero-order chi connectivity index (χ0) is 23.0. The van der Waals surface area contributed by atoms with E-state index in [1.807, 2.05) is 32.4 Å². The molecule has 0 saturated heterocycles. The fourth-order valence-electron chi connectivity index (χ4n) is 3.06. The molecule has 2 rings (SSSR count). The van der Waals surface area contributed by atoms with E-state index in [9.17, 15) is 18.3 Å². The first-order chi connectivity index (χ1) is 13.6. The van der Waals surface area contributed by atoms with Crippen LogP contribution in [0.2, 0.25) is 5.02 Å². The topological polar surface area (TPSA) is 108 Å². The fraction of sp³-hybridized carbons (Fsp3) is 0.500. The van der Waals surface area contributed by atoms with Gasteiger partial charge in [0.1, 0.15) is 0 Å². The van der Waals surface area contributed by atoms with Crippen LogP contribution >= 0.6 is 22.9 Å². The summed E-state index contributed by atoms with van der Waals surface area (Å²) >= 11 is 7.07. The number of rotatable bonds is 6. The summed E-state index contributed by atoms with van der Waals surface area (Å²) in [6.07, 6.45) is 0. The van der Waals surface area contributed by atoms with Gasteiger partial charge in [0.05, 0.1) is 16.2 Å². The molecule has 2 aromatic rings. The molecule has 0 saturated carbocycles. The number of anilines is 1. The number of sulfonamides is 1. The van der Waals surface area contributed by atoms with Crippen molar-refractivity contribution in [2.45, 2.75) is 70.2 Å². The lowest BCUT2D eigenvalue weighted by Crippen LogP contribution is -2.35. The SMILES string of the molecule is Cc1nc(S(=O)(=O)NC(=O)Nc2c(C(C)C)cc(Cl)cc2C(C)C)sc1C(C)(C)O. The lowest BCUT2D eigenvalue weighted by molar-refractivity contribution is 0.0817. The molecule has 166 valence electrons. The van der Waals surface area contributed by atoms with Gasteiger partial charge in [-0.15, -0.1) is 11.3 Å². The normalized spacial score (nSPS) is 12.5. The summed E-state index contributed by atoms with van der Waals surface area (Å²) in [5, 5.41) is 13.4. The molecule has 0 aliphatic rings. The van der Waals surface area contributed by atoms with Gasteiger partial charge in [0.2, 0.25) is 4.34 Å².